The van der Waals surface area contributed by atoms with E-state index in [2.05, 4.69) is 27.8 Å². The molecular weight excluding hydrogens is 280 g/mol. The second kappa shape index (κ2) is 5.61. The number of nitrogens with zero attached hydrogens (tertiary/aromatic N) is 2. The Hall–Kier alpha value is 0.350. The molecule has 1 rings (SSSR count). The molecule has 0 radical (unpaired) electrons. The van der Waals surface area contributed by atoms with Crippen LogP contribution < -0.4 is 0 Å². The highest BCUT2D eigenvalue weighted by Gasteiger charge is 2.23. The monoisotopic (exact) mass is 298 g/mol. The molecule has 6 heteroatoms. The second-order valence-electron chi connectivity index (χ2n) is 4.22. The summed E-state index contributed by atoms with van der Waals surface area (Å²) in [7, 11) is -2.99. The lowest BCUT2D eigenvalue weighted by atomic mass is 10.2. The largest absolute Gasteiger partial charge is 0.300 e. The average molecular weight is 299 g/mol. The first-order valence-electron chi connectivity index (χ1n) is 5.17. The zero-order chi connectivity index (χ0) is 11.5. The molecule has 1 fully saturated rings. The molecule has 0 aromatic carbocycles. The van der Waals surface area contributed by atoms with Gasteiger partial charge in [0.05, 0.1) is 6.26 Å². The maximum absolute atomic E-state index is 11.3. The maximum atomic E-state index is 11.3. The number of rotatable bonds is 4. The summed E-state index contributed by atoms with van der Waals surface area (Å²) in [6.07, 6.45) is 1.28. The Labute approximate surface area is 101 Å². The molecule has 90 valence electrons. The third-order valence-corrected chi connectivity index (χ3v) is 5.04. The van der Waals surface area contributed by atoms with E-state index in [1.54, 1.807) is 4.31 Å². The van der Waals surface area contributed by atoms with Crippen molar-refractivity contribution < 1.29 is 8.42 Å². The van der Waals surface area contributed by atoms with Gasteiger partial charge in [-0.15, -0.1) is 0 Å². The first-order valence-corrected chi connectivity index (χ1v) is 8.14. The number of halogens is 1. The van der Waals surface area contributed by atoms with Crippen LogP contribution in [0.1, 0.15) is 6.92 Å². The molecule has 15 heavy (non-hydrogen) atoms. The highest BCUT2D eigenvalue weighted by Crippen LogP contribution is 2.09. The lowest BCUT2D eigenvalue weighted by Gasteiger charge is -2.34. The molecule has 0 N–H and O–H groups in total. The van der Waals surface area contributed by atoms with Crippen LogP contribution in [0.2, 0.25) is 0 Å². The van der Waals surface area contributed by atoms with Crippen LogP contribution in [0, 0.1) is 5.92 Å². The first kappa shape index (κ1) is 13.4. The van der Waals surface area contributed by atoms with E-state index >= 15 is 0 Å². The number of alkyl halides is 1. The van der Waals surface area contributed by atoms with Crippen molar-refractivity contribution in [2.75, 3.05) is 44.3 Å². The lowest BCUT2D eigenvalue weighted by Crippen LogP contribution is -2.49. The van der Waals surface area contributed by atoms with Gasteiger partial charge in [-0.1, -0.05) is 22.9 Å². The molecule has 1 heterocycles. The van der Waals surface area contributed by atoms with E-state index in [1.165, 1.54) is 6.26 Å². The predicted molar refractivity (Wildman–Crippen MR) is 65.8 cm³/mol. The van der Waals surface area contributed by atoms with Crippen molar-refractivity contribution in [2.24, 2.45) is 5.92 Å². The van der Waals surface area contributed by atoms with Gasteiger partial charge in [-0.05, 0) is 5.92 Å². The first-order chi connectivity index (χ1) is 6.93. The zero-order valence-corrected chi connectivity index (χ0v) is 11.7. The third-order valence-electron chi connectivity index (χ3n) is 2.63. The predicted octanol–water partition coefficient (Wildman–Crippen LogP) is 0.595. The number of piperazine rings is 1. The van der Waals surface area contributed by atoms with E-state index in [4.69, 9.17) is 0 Å². The third kappa shape index (κ3) is 4.38. The van der Waals surface area contributed by atoms with Gasteiger partial charge in [-0.3, -0.25) is 0 Å². The van der Waals surface area contributed by atoms with Gasteiger partial charge in [0.1, 0.15) is 0 Å². The fourth-order valence-electron chi connectivity index (χ4n) is 1.73. The molecule has 1 atom stereocenters. The molecule has 0 bridgehead atoms. The van der Waals surface area contributed by atoms with Crippen LogP contribution in [-0.2, 0) is 10.0 Å². The lowest BCUT2D eigenvalue weighted by molar-refractivity contribution is 0.174. The smallest absolute Gasteiger partial charge is 0.211 e. The number of hydrogen-bond donors (Lipinski definition) is 0. The van der Waals surface area contributed by atoms with Gasteiger partial charge in [0, 0.05) is 38.1 Å². The molecule has 1 unspecified atom stereocenters. The van der Waals surface area contributed by atoms with Crippen molar-refractivity contribution in [1.29, 1.82) is 0 Å². The van der Waals surface area contributed by atoms with Crippen LogP contribution in [0.3, 0.4) is 0 Å². The van der Waals surface area contributed by atoms with Crippen LogP contribution in [0.4, 0.5) is 0 Å². The van der Waals surface area contributed by atoms with E-state index < -0.39 is 10.0 Å². The van der Waals surface area contributed by atoms with Crippen molar-refractivity contribution in [3.63, 3.8) is 0 Å². The fourth-order valence-corrected chi connectivity index (χ4v) is 2.76. The van der Waals surface area contributed by atoms with Gasteiger partial charge in [-0.2, -0.15) is 4.31 Å². The summed E-state index contributed by atoms with van der Waals surface area (Å²) in [4.78, 5) is 2.33. The minimum absolute atomic E-state index is 0.620. The van der Waals surface area contributed by atoms with Crippen molar-refractivity contribution in [2.45, 2.75) is 6.92 Å². The second-order valence-corrected chi connectivity index (χ2v) is 6.85. The molecule has 0 aromatic heterocycles. The van der Waals surface area contributed by atoms with Crippen molar-refractivity contribution in [3.8, 4) is 0 Å². The summed E-state index contributed by atoms with van der Waals surface area (Å²) >= 11 is 3.45. The Bertz CT molecular complexity index is 286. The molecule has 0 aliphatic carbocycles. The molecule has 0 saturated carbocycles. The van der Waals surface area contributed by atoms with Gasteiger partial charge in [-0.25, -0.2) is 8.42 Å². The van der Waals surface area contributed by atoms with E-state index in [9.17, 15) is 8.42 Å². The van der Waals surface area contributed by atoms with Crippen molar-refractivity contribution in [1.82, 2.24) is 9.21 Å². The molecule has 0 aromatic rings. The van der Waals surface area contributed by atoms with E-state index in [-0.39, 0.29) is 0 Å². The average Bonchev–Trinajstić information content (AvgIpc) is 2.17. The Morgan fingerprint density at radius 1 is 1.27 bits per heavy atom. The molecular formula is C9H19BrN2O2S. The van der Waals surface area contributed by atoms with Crippen molar-refractivity contribution >= 4 is 26.0 Å². The number of sulfonamides is 1. The minimum atomic E-state index is -2.99. The van der Waals surface area contributed by atoms with Crippen LogP contribution in [0.5, 0.6) is 0 Å². The highest BCUT2D eigenvalue weighted by molar-refractivity contribution is 9.09. The van der Waals surface area contributed by atoms with Gasteiger partial charge in [0.15, 0.2) is 0 Å². The summed E-state index contributed by atoms with van der Waals surface area (Å²) in [5.41, 5.74) is 0. The zero-order valence-electron chi connectivity index (χ0n) is 9.32. The summed E-state index contributed by atoms with van der Waals surface area (Å²) in [6.45, 7) is 6.21. The van der Waals surface area contributed by atoms with E-state index in [0.29, 0.717) is 19.0 Å². The quantitative estimate of drug-likeness (QED) is 0.714. The van der Waals surface area contributed by atoms with Gasteiger partial charge in [0.25, 0.3) is 0 Å². The summed E-state index contributed by atoms with van der Waals surface area (Å²) in [5.74, 6) is 0.620. The van der Waals surface area contributed by atoms with Crippen LogP contribution in [0.25, 0.3) is 0 Å². The topological polar surface area (TPSA) is 40.6 Å². The molecule has 4 nitrogen and oxygen atoms in total. The van der Waals surface area contributed by atoms with Crippen molar-refractivity contribution in [3.05, 3.63) is 0 Å². The van der Waals surface area contributed by atoms with Gasteiger partial charge in [0.2, 0.25) is 10.0 Å². The Balaban J connectivity index is 2.36. The molecule has 1 saturated heterocycles. The van der Waals surface area contributed by atoms with Gasteiger partial charge >= 0.3 is 0 Å². The maximum Gasteiger partial charge on any atom is 0.211 e. The SMILES string of the molecule is CC(CBr)CN1CCN(S(C)(=O)=O)CC1. The Morgan fingerprint density at radius 2 is 1.80 bits per heavy atom. The summed E-state index contributed by atoms with van der Waals surface area (Å²) in [5, 5.41) is 0.999. The summed E-state index contributed by atoms with van der Waals surface area (Å²) < 4.78 is 24.1. The van der Waals surface area contributed by atoms with Crippen LogP contribution >= 0.6 is 15.9 Å². The van der Waals surface area contributed by atoms with Crippen LogP contribution in [-0.4, -0.2) is 61.9 Å². The van der Waals surface area contributed by atoms with Gasteiger partial charge < -0.3 is 4.90 Å². The normalized spacial score (nSPS) is 22.9. The molecule has 1 aliphatic heterocycles. The van der Waals surface area contributed by atoms with Crippen LogP contribution in [0.15, 0.2) is 0 Å². The van der Waals surface area contributed by atoms with E-state index in [1.807, 2.05) is 0 Å². The Kier molecular flexibility index (Phi) is 5.02. The highest BCUT2D eigenvalue weighted by atomic mass is 79.9. The molecule has 0 spiro atoms. The Morgan fingerprint density at radius 3 is 2.20 bits per heavy atom. The number of hydrogen-bond acceptors (Lipinski definition) is 3. The molecule has 1 aliphatic rings. The summed E-state index contributed by atoms with van der Waals surface area (Å²) in [6, 6.07) is 0. The standard InChI is InChI=1S/C9H19BrN2O2S/c1-9(7-10)8-11-3-5-12(6-4-11)15(2,13)14/h9H,3-8H2,1-2H3. The molecule has 0 amide bonds. The van der Waals surface area contributed by atoms with E-state index in [0.717, 1.165) is 25.0 Å². The fraction of sp³-hybridized carbons (Fsp3) is 1.00. The minimum Gasteiger partial charge on any atom is -0.300 e.